The van der Waals surface area contributed by atoms with Gasteiger partial charge in [-0.1, -0.05) is 13.0 Å². The standard InChI is InChI=1S/C27H31N7O2S/c1-3-31-8-10-32(11-9-31)22-6-4-20(16-19(22)2)23-18-28-25-7-5-21(30-34(23)25)17-24-26(35)29-27(37-24)33-12-14-36-15-13-33/h4-7,16-18H,3,8-15H2,1-2H3/b24-17-. The lowest BCUT2D eigenvalue weighted by Crippen LogP contribution is -2.46. The smallest absolute Gasteiger partial charge is 0.286 e. The Kier molecular flexibility index (Phi) is 6.71. The van der Waals surface area contributed by atoms with Gasteiger partial charge in [-0.05, 0) is 61.1 Å². The molecule has 3 aliphatic rings. The number of fused-ring (bicyclic) bond motifs is 1. The van der Waals surface area contributed by atoms with Gasteiger partial charge in [-0.3, -0.25) is 4.79 Å². The average molecular weight is 518 g/mol. The molecule has 2 fully saturated rings. The zero-order chi connectivity index (χ0) is 25.4. The Morgan fingerprint density at radius 3 is 2.59 bits per heavy atom. The van der Waals surface area contributed by atoms with Crippen LogP contribution in [0.15, 0.2) is 46.4 Å². The molecule has 0 radical (unpaired) electrons. The van der Waals surface area contributed by atoms with Crippen LogP contribution in [0.2, 0.25) is 0 Å². The monoisotopic (exact) mass is 517 g/mol. The van der Waals surface area contributed by atoms with Crippen LogP contribution < -0.4 is 4.90 Å². The van der Waals surface area contributed by atoms with Crippen LogP contribution in [0.4, 0.5) is 5.69 Å². The quantitative estimate of drug-likeness (QED) is 0.489. The van der Waals surface area contributed by atoms with Gasteiger partial charge < -0.3 is 19.4 Å². The number of rotatable bonds is 4. The molecule has 3 aromatic rings. The predicted octanol–water partition coefficient (Wildman–Crippen LogP) is 3.15. The Balaban J connectivity index is 1.24. The molecule has 0 atom stereocenters. The lowest BCUT2D eigenvalue weighted by molar-refractivity contribution is -0.113. The van der Waals surface area contributed by atoms with Gasteiger partial charge in [-0.25, -0.2) is 9.50 Å². The maximum Gasteiger partial charge on any atom is 0.286 e. The van der Waals surface area contributed by atoms with Crippen molar-refractivity contribution in [1.82, 2.24) is 24.4 Å². The zero-order valence-electron chi connectivity index (χ0n) is 21.3. The van der Waals surface area contributed by atoms with Crippen LogP contribution in [-0.2, 0) is 9.53 Å². The minimum atomic E-state index is -0.217. The van der Waals surface area contributed by atoms with Crippen molar-refractivity contribution in [3.05, 3.63) is 52.7 Å². The second kappa shape index (κ2) is 10.3. The average Bonchev–Trinajstić information content (AvgIpc) is 3.52. The number of amidine groups is 1. The summed E-state index contributed by atoms with van der Waals surface area (Å²) in [6.07, 6.45) is 3.68. The van der Waals surface area contributed by atoms with E-state index in [9.17, 15) is 4.79 Å². The van der Waals surface area contributed by atoms with Crippen LogP contribution in [-0.4, -0.2) is 94.5 Å². The Morgan fingerprint density at radius 1 is 1.03 bits per heavy atom. The first kappa shape index (κ1) is 24.1. The van der Waals surface area contributed by atoms with Crippen molar-refractivity contribution in [2.24, 2.45) is 4.99 Å². The van der Waals surface area contributed by atoms with Crippen molar-refractivity contribution >= 4 is 40.2 Å². The number of hydrogen-bond acceptors (Lipinski definition) is 8. The lowest BCUT2D eigenvalue weighted by Gasteiger charge is -2.36. The first-order chi connectivity index (χ1) is 18.1. The molecule has 3 aliphatic heterocycles. The molecule has 0 spiro atoms. The third kappa shape index (κ3) is 4.88. The molecule has 0 N–H and O–H groups in total. The molecule has 0 saturated carbocycles. The van der Waals surface area contributed by atoms with E-state index in [2.05, 4.69) is 56.7 Å². The van der Waals surface area contributed by atoms with Gasteiger partial charge in [-0.2, -0.15) is 10.1 Å². The van der Waals surface area contributed by atoms with Gasteiger partial charge in [0.15, 0.2) is 10.8 Å². The van der Waals surface area contributed by atoms with E-state index in [0.717, 1.165) is 67.9 Å². The first-order valence-electron chi connectivity index (χ1n) is 12.9. The van der Waals surface area contributed by atoms with Crippen molar-refractivity contribution in [1.29, 1.82) is 0 Å². The molecule has 1 aromatic carbocycles. The number of carbonyl (C=O) groups is 1. The van der Waals surface area contributed by atoms with Crippen LogP contribution in [0.5, 0.6) is 0 Å². The molecule has 9 nitrogen and oxygen atoms in total. The van der Waals surface area contributed by atoms with Gasteiger partial charge in [0.2, 0.25) is 0 Å². The number of hydrogen-bond donors (Lipinski definition) is 0. The van der Waals surface area contributed by atoms with Crippen LogP contribution in [0.3, 0.4) is 0 Å². The fourth-order valence-electron chi connectivity index (χ4n) is 5.06. The Labute approximate surface area is 220 Å². The molecule has 5 heterocycles. The summed E-state index contributed by atoms with van der Waals surface area (Å²) in [6.45, 7) is 12.6. The summed E-state index contributed by atoms with van der Waals surface area (Å²) in [4.78, 5) is 29.1. The summed E-state index contributed by atoms with van der Waals surface area (Å²) in [6, 6.07) is 10.4. The van der Waals surface area contributed by atoms with E-state index in [-0.39, 0.29) is 5.91 Å². The van der Waals surface area contributed by atoms with Crippen molar-refractivity contribution in [3.8, 4) is 11.3 Å². The third-order valence-corrected chi connectivity index (χ3v) is 8.25. The van der Waals surface area contributed by atoms with E-state index in [0.29, 0.717) is 23.8 Å². The van der Waals surface area contributed by atoms with E-state index < -0.39 is 0 Å². The number of carbonyl (C=O) groups excluding carboxylic acids is 1. The first-order valence-corrected chi connectivity index (χ1v) is 13.7. The van der Waals surface area contributed by atoms with E-state index >= 15 is 0 Å². The molecule has 192 valence electrons. The lowest BCUT2D eigenvalue weighted by atomic mass is 10.1. The van der Waals surface area contributed by atoms with Gasteiger partial charge >= 0.3 is 0 Å². The van der Waals surface area contributed by atoms with Crippen LogP contribution in [0, 0.1) is 6.92 Å². The normalized spacial score (nSPS) is 20.3. The molecular weight excluding hydrogens is 486 g/mol. The number of imidazole rings is 1. The third-order valence-electron chi connectivity index (χ3n) is 7.21. The summed E-state index contributed by atoms with van der Waals surface area (Å²) >= 11 is 1.41. The van der Waals surface area contributed by atoms with Gasteiger partial charge in [0.25, 0.3) is 5.91 Å². The van der Waals surface area contributed by atoms with Crippen molar-refractivity contribution in [3.63, 3.8) is 0 Å². The van der Waals surface area contributed by atoms with Gasteiger partial charge in [0.1, 0.15) is 0 Å². The molecule has 2 saturated heterocycles. The molecule has 6 rings (SSSR count). The largest absolute Gasteiger partial charge is 0.378 e. The summed E-state index contributed by atoms with van der Waals surface area (Å²) in [5, 5.41) is 5.56. The van der Waals surface area contributed by atoms with E-state index in [1.807, 2.05) is 28.9 Å². The number of morpholine rings is 1. The highest BCUT2D eigenvalue weighted by molar-refractivity contribution is 8.18. The zero-order valence-corrected chi connectivity index (χ0v) is 22.1. The summed E-state index contributed by atoms with van der Waals surface area (Å²) in [7, 11) is 0. The Bertz CT molecular complexity index is 1380. The molecule has 0 aliphatic carbocycles. The number of likely N-dealkylation sites (N-methyl/N-ethyl adjacent to an activating group) is 1. The minimum absolute atomic E-state index is 0.217. The molecule has 2 aromatic heterocycles. The summed E-state index contributed by atoms with van der Waals surface area (Å²) in [5.41, 5.74) is 6.00. The molecule has 1 amide bonds. The topological polar surface area (TPSA) is 78.6 Å². The van der Waals surface area contributed by atoms with E-state index in [1.165, 1.54) is 23.0 Å². The number of benzene rings is 1. The second-order valence-electron chi connectivity index (χ2n) is 9.50. The maximum absolute atomic E-state index is 12.6. The number of aryl methyl sites for hydroxylation is 1. The molecular formula is C27H31N7O2S. The Morgan fingerprint density at radius 2 is 1.84 bits per heavy atom. The fraction of sp³-hybridized carbons (Fsp3) is 0.407. The minimum Gasteiger partial charge on any atom is -0.378 e. The van der Waals surface area contributed by atoms with Crippen molar-refractivity contribution in [2.45, 2.75) is 13.8 Å². The molecule has 0 bridgehead atoms. The Hall–Kier alpha value is -3.21. The summed E-state index contributed by atoms with van der Waals surface area (Å²) in [5.74, 6) is -0.217. The number of ether oxygens (including phenoxy) is 1. The van der Waals surface area contributed by atoms with Crippen molar-refractivity contribution < 1.29 is 9.53 Å². The number of anilines is 1. The molecule has 37 heavy (non-hydrogen) atoms. The number of aromatic nitrogens is 3. The van der Waals surface area contributed by atoms with Crippen molar-refractivity contribution in [2.75, 3.05) is 63.9 Å². The van der Waals surface area contributed by atoms with Crippen LogP contribution in [0.25, 0.3) is 23.0 Å². The van der Waals surface area contributed by atoms with Gasteiger partial charge in [-0.15, -0.1) is 0 Å². The van der Waals surface area contributed by atoms with Gasteiger partial charge in [0, 0.05) is 50.5 Å². The van der Waals surface area contributed by atoms with Crippen LogP contribution >= 0.6 is 11.8 Å². The maximum atomic E-state index is 12.6. The predicted molar refractivity (Wildman–Crippen MR) is 148 cm³/mol. The fourth-order valence-corrected chi connectivity index (χ4v) is 6.01. The molecule has 0 unspecified atom stereocenters. The van der Waals surface area contributed by atoms with E-state index in [4.69, 9.17) is 9.84 Å². The van der Waals surface area contributed by atoms with E-state index in [1.54, 1.807) is 0 Å². The number of nitrogens with zero attached hydrogens (tertiary/aromatic N) is 7. The highest BCUT2D eigenvalue weighted by atomic mass is 32.2. The second-order valence-corrected chi connectivity index (χ2v) is 10.5. The van der Waals surface area contributed by atoms with Gasteiger partial charge in [0.05, 0.1) is 35.7 Å². The van der Waals surface area contributed by atoms with Crippen LogP contribution in [0.1, 0.15) is 18.2 Å². The molecule has 10 heteroatoms. The number of piperazine rings is 1. The highest BCUT2D eigenvalue weighted by Crippen LogP contribution is 2.31. The number of amides is 1. The summed E-state index contributed by atoms with van der Waals surface area (Å²) < 4.78 is 7.27. The SMILES string of the molecule is CCN1CCN(c2ccc(-c3cnc4ccc(/C=C5\SC(N6CCOCC6)=NC5=O)nn34)cc2C)CC1. The number of aliphatic imine (C=N–C) groups is 1. The number of thioether (sulfide) groups is 1. The highest BCUT2D eigenvalue weighted by Gasteiger charge is 2.27.